The van der Waals surface area contributed by atoms with Gasteiger partial charge < -0.3 is 59.4 Å². The van der Waals surface area contributed by atoms with E-state index in [1.807, 2.05) is 0 Å². The first kappa shape index (κ1) is 63.2. The van der Waals surface area contributed by atoms with Crippen molar-refractivity contribution in [3.8, 4) is 0 Å². The van der Waals surface area contributed by atoms with Crippen LogP contribution in [0.15, 0.2) is 0 Å². The molecule has 0 bridgehead atoms. The number of carboxylic acids is 6. The summed E-state index contributed by atoms with van der Waals surface area (Å²) >= 11 is 0. The molecule has 0 radical (unpaired) electrons. The summed E-state index contributed by atoms with van der Waals surface area (Å²) < 4.78 is 0. The molecule has 0 aliphatic carbocycles. The van der Waals surface area contributed by atoms with E-state index in [1.165, 1.54) is 0 Å². The summed E-state index contributed by atoms with van der Waals surface area (Å²) in [6.07, 6.45) is 5.10. The number of hydrogen-bond donors (Lipinski definition) is 0. The fourth-order valence-corrected chi connectivity index (χ4v) is 1.22. The number of rotatable bonds is 12. The van der Waals surface area contributed by atoms with Gasteiger partial charge in [0, 0.05) is 35.8 Å². The normalized spacial score (nSPS) is 7.54. The number of aliphatic carboxylic acids is 6. The molecule has 0 aromatic carbocycles. The smallest absolute Gasteiger partial charge is 0.550 e. The zero-order valence-electron chi connectivity index (χ0n) is 24.5. The second-order valence-corrected chi connectivity index (χ2v) is 6.73. The average molecular weight is 740 g/mol. The van der Waals surface area contributed by atoms with Crippen LogP contribution < -0.4 is 30.6 Å². The Bertz CT molecular complexity index is 439. The predicted molar refractivity (Wildman–Crippen MR) is 137 cm³/mol. The molecule has 0 amide bonds. The molecule has 0 saturated heterocycles. The zero-order valence-corrected chi connectivity index (χ0v) is 33.4. The van der Waals surface area contributed by atoms with Gasteiger partial charge in [0.2, 0.25) is 0 Å². The molecule has 12 nitrogen and oxygen atoms in total. The van der Waals surface area contributed by atoms with Crippen molar-refractivity contribution in [1.82, 2.24) is 0 Å². The van der Waals surface area contributed by atoms with Gasteiger partial charge in [0.15, 0.2) is 0 Å². The van der Waals surface area contributed by atoms with E-state index in [-0.39, 0.29) is 163 Å². The molecule has 0 atom stereocenters. The summed E-state index contributed by atoms with van der Waals surface area (Å²) in [5.74, 6) is -5.76. The minimum Gasteiger partial charge on any atom is -0.550 e. The topological polar surface area (TPSA) is 241 Å². The Labute approximate surface area is 333 Å². The van der Waals surface area contributed by atoms with Gasteiger partial charge in [-0.05, 0) is 38.5 Å². The summed E-state index contributed by atoms with van der Waals surface area (Å²) in [5.41, 5.74) is 0. The Morgan fingerprint density at radius 2 is 0.410 bits per heavy atom. The number of carboxylic acid groups (broad SMARTS) is 6. The van der Waals surface area contributed by atoms with Gasteiger partial charge in [-0.3, -0.25) is 0 Å². The van der Waals surface area contributed by atoms with Crippen LogP contribution in [0.5, 0.6) is 0 Å². The van der Waals surface area contributed by atoms with Gasteiger partial charge >= 0.3 is 124 Å². The molecule has 0 aromatic heterocycles. The Kier molecular flexibility index (Phi) is 94.9. The maximum absolute atomic E-state index is 9.49. The van der Waals surface area contributed by atoms with E-state index in [0.717, 1.165) is 0 Å². The molecular formula is C24H42BaCa2O12. The molecule has 0 aliphatic heterocycles. The number of carbonyl (C=O) groups excluding carboxylic acids is 6. The first-order chi connectivity index (χ1) is 16.6. The first-order valence-corrected chi connectivity index (χ1v) is 11.8. The number of hydrogen-bond acceptors (Lipinski definition) is 12. The third kappa shape index (κ3) is 148. The predicted octanol–water partition coefficient (Wildman–Crippen LogP) is -3.92. The molecular weight excluding hydrogens is 698 g/mol. The van der Waals surface area contributed by atoms with Crippen molar-refractivity contribution >= 4 is 160 Å². The summed E-state index contributed by atoms with van der Waals surface area (Å²) in [7, 11) is 0. The van der Waals surface area contributed by atoms with Crippen molar-refractivity contribution in [2.24, 2.45) is 0 Å². The molecule has 0 aliphatic rings. The molecule has 0 rings (SSSR count). The van der Waals surface area contributed by atoms with E-state index in [0.29, 0.717) is 38.5 Å². The molecule has 0 saturated carbocycles. The van der Waals surface area contributed by atoms with Crippen LogP contribution in [0.25, 0.3) is 0 Å². The Morgan fingerprint density at radius 1 is 0.333 bits per heavy atom. The van der Waals surface area contributed by atoms with Crippen molar-refractivity contribution < 1.29 is 59.4 Å². The van der Waals surface area contributed by atoms with Crippen molar-refractivity contribution in [3.63, 3.8) is 0 Å². The SMILES string of the molecule is CCCC(=O)[O-].CCCC(=O)[O-].CCCC(=O)[O-].CCCC(=O)[O-].CCCC(=O)[O-].CCCC(=O)[O-].[Ba+2].[Ca+2].[Ca+2]. The quantitative estimate of drug-likeness (QED) is 0.174. The van der Waals surface area contributed by atoms with Crippen LogP contribution in [0, 0.1) is 0 Å². The zero-order chi connectivity index (χ0) is 29.9. The summed E-state index contributed by atoms with van der Waals surface area (Å²) in [5, 5.41) is 56.9. The Morgan fingerprint density at radius 3 is 0.410 bits per heavy atom. The molecule has 0 aromatic rings. The molecule has 0 N–H and O–H groups in total. The van der Waals surface area contributed by atoms with E-state index in [9.17, 15) is 59.4 Å². The Hall–Kier alpha value is 0.911. The van der Waals surface area contributed by atoms with Crippen LogP contribution in [0.1, 0.15) is 119 Å². The van der Waals surface area contributed by atoms with Crippen LogP contribution in [-0.2, 0) is 28.8 Å². The molecule has 0 heterocycles. The summed E-state index contributed by atoms with van der Waals surface area (Å²) in [6.45, 7) is 10.8. The molecule has 0 fully saturated rings. The van der Waals surface area contributed by atoms with Gasteiger partial charge in [0.1, 0.15) is 0 Å². The fourth-order valence-electron chi connectivity index (χ4n) is 1.22. The van der Waals surface area contributed by atoms with Gasteiger partial charge in [0.25, 0.3) is 0 Å². The van der Waals surface area contributed by atoms with Gasteiger partial charge in [-0.2, -0.15) is 0 Å². The average Bonchev–Trinajstić information content (AvgIpc) is 2.69. The van der Waals surface area contributed by atoms with Gasteiger partial charge in [-0.1, -0.05) is 80.1 Å². The van der Waals surface area contributed by atoms with Crippen molar-refractivity contribution in [2.75, 3.05) is 0 Å². The third-order valence-electron chi connectivity index (χ3n) is 2.72. The van der Waals surface area contributed by atoms with Gasteiger partial charge in [-0.25, -0.2) is 0 Å². The number of carbonyl (C=O) groups is 6. The van der Waals surface area contributed by atoms with E-state index in [1.54, 1.807) is 41.5 Å². The third-order valence-corrected chi connectivity index (χ3v) is 2.72. The van der Waals surface area contributed by atoms with E-state index >= 15 is 0 Å². The molecule has 0 spiro atoms. The standard InChI is InChI=1S/6C4H8O2.Ba.2Ca/c6*1-2-3-4(5)6;;;/h6*2-3H2,1H3,(H,5,6);;;/q;;;;;;3*+2/p-6. The van der Waals surface area contributed by atoms with Gasteiger partial charge in [-0.15, -0.1) is 0 Å². The monoisotopic (exact) mass is 740 g/mol. The molecule has 15 heteroatoms. The maximum atomic E-state index is 9.49. The van der Waals surface area contributed by atoms with Gasteiger partial charge in [0.05, 0.1) is 0 Å². The van der Waals surface area contributed by atoms with E-state index < -0.39 is 35.8 Å². The van der Waals surface area contributed by atoms with Crippen molar-refractivity contribution in [2.45, 2.75) is 119 Å². The minimum absolute atomic E-state index is 0. The van der Waals surface area contributed by atoms with E-state index in [2.05, 4.69) is 0 Å². The fraction of sp³-hybridized carbons (Fsp3) is 0.750. The van der Waals surface area contributed by atoms with Crippen LogP contribution in [0.3, 0.4) is 0 Å². The summed E-state index contributed by atoms with van der Waals surface area (Å²) in [6, 6.07) is 0. The van der Waals surface area contributed by atoms with Crippen molar-refractivity contribution in [1.29, 1.82) is 0 Å². The molecule has 39 heavy (non-hydrogen) atoms. The minimum atomic E-state index is -0.961. The maximum Gasteiger partial charge on any atom is 2.00 e. The first-order valence-electron chi connectivity index (χ1n) is 11.8. The molecule has 216 valence electrons. The summed E-state index contributed by atoms with van der Waals surface area (Å²) in [4.78, 5) is 56.9. The largest absolute Gasteiger partial charge is 2.00 e. The van der Waals surface area contributed by atoms with Crippen LogP contribution in [-0.4, -0.2) is 160 Å². The van der Waals surface area contributed by atoms with Crippen LogP contribution in [0.4, 0.5) is 0 Å². The van der Waals surface area contributed by atoms with Crippen LogP contribution in [0.2, 0.25) is 0 Å². The second kappa shape index (κ2) is 58.5. The van der Waals surface area contributed by atoms with Crippen LogP contribution >= 0.6 is 0 Å². The Balaban J connectivity index is -0.0000000390. The molecule has 0 unspecified atom stereocenters. The second-order valence-electron chi connectivity index (χ2n) is 6.73. The van der Waals surface area contributed by atoms with E-state index in [4.69, 9.17) is 0 Å². The van der Waals surface area contributed by atoms with Crippen molar-refractivity contribution in [3.05, 3.63) is 0 Å².